The molecule has 0 saturated carbocycles. The number of carboxylic acids is 1. The number of hydrogen-bond donors (Lipinski definition) is 3. The van der Waals surface area contributed by atoms with Crippen LogP contribution in [0.5, 0.6) is 6.01 Å². The van der Waals surface area contributed by atoms with Gasteiger partial charge in [0, 0.05) is 31.9 Å². The molecule has 0 radical (unpaired) electrons. The number of guanidine groups is 1. The highest BCUT2D eigenvalue weighted by molar-refractivity contribution is 5.97. The number of aliphatic carboxylic acids is 1. The van der Waals surface area contributed by atoms with E-state index in [1.807, 2.05) is 0 Å². The lowest BCUT2D eigenvalue weighted by molar-refractivity contribution is -0.137. The van der Waals surface area contributed by atoms with Crippen LogP contribution in [0.2, 0.25) is 0 Å². The van der Waals surface area contributed by atoms with E-state index in [2.05, 4.69) is 25.6 Å². The lowest BCUT2D eigenvalue weighted by Crippen LogP contribution is -2.43. The minimum absolute atomic E-state index is 0.0210. The summed E-state index contributed by atoms with van der Waals surface area (Å²) in [6, 6.07) is 0.269. The first-order chi connectivity index (χ1) is 13.6. The molecule has 1 amide bonds. The Bertz CT molecular complexity index is 663. The Labute approximate surface area is 165 Å². The highest BCUT2D eigenvalue weighted by atomic mass is 16.5. The molecule has 2 heterocycles. The molecule has 0 saturated heterocycles. The number of nitrogens with one attached hydrogen (secondary N) is 2. The Kier molecular flexibility index (Phi) is 9.17. The second-order valence-corrected chi connectivity index (χ2v) is 6.81. The fourth-order valence-electron chi connectivity index (χ4n) is 3.08. The number of aliphatic imine (C=N–C) groups is 1. The van der Waals surface area contributed by atoms with Crippen molar-refractivity contribution in [2.75, 3.05) is 20.2 Å². The Morgan fingerprint density at radius 3 is 2.64 bits per heavy atom. The minimum atomic E-state index is -0.836. The summed E-state index contributed by atoms with van der Waals surface area (Å²) >= 11 is 0. The van der Waals surface area contributed by atoms with Crippen LogP contribution in [-0.4, -0.2) is 53.1 Å². The van der Waals surface area contributed by atoms with Gasteiger partial charge in [-0.05, 0) is 30.7 Å². The minimum Gasteiger partial charge on any atom is -0.481 e. The molecule has 1 aromatic heterocycles. The Morgan fingerprint density at radius 2 is 2.00 bits per heavy atom. The van der Waals surface area contributed by atoms with Crippen LogP contribution in [0.4, 0.5) is 0 Å². The molecule has 28 heavy (non-hydrogen) atoms. The highest BCUT2D eigenvalue weighted by Crippen LogP contribution is 2.26. The van der Waals surface area contributed by atoms with E-state index >= 15 is 0 Å². The summed E-state index contributed by atoms with van der Waals surface area (Å²) < 4.78 is 4.94. The zero-order valence-corrected chi connectivity index (χ0v) is 16.3. The predicted octanol–water partition coefficient (Wildman–Crippen LogP) is 1.85. The van der Waals surface area contributed by atoms with Crippen molar-refractivity contribution < 1.29 is 19.4 Å². The molecule has 0 unspecified atom stereocenters. The van der Waals surface area contributed by atoms with Gasteiger partial charge in [-0.25, -0.2) is 9.97 Å². The maximum Gasteiger partial charge on any atom is 0.316 e. The molecule has 0 aromatic carbocycles. The monoisotopic (exact) mass is 391 g/mol. The van der Waals surface area contributed by atoms with Crippen LogP contribution in [0.1, 0.15) is 62.8 Å². The molecule has 0 fully saturated rings. The van der Waals surface area contributed by atoms with Crippen molar-refractivity contribution in [1.29, 1.82) is 0 Å². The number of amides is 1. The second-order valence-electron chi connectivity index (χ2n) is 6.81. The summed E-state index contributed by atoms with van der Waals surface area (Å²) in [5, 5.41) is 15.0. The summed E-state index contributed by atoms with van der Waals surface area (Å²) in [5.74, 6) is -0.402. The fourth-order valence-corrected chi connectivity index (χ4v) is 3.08. The number of nitrogens with zero attached hydrogens (tertiary/aromatic N) is 3. The van der Waals surface area contributed by atoms with Crippen molar-refractivity contribution in [2.45, 2.75) is 57.3 Å². The summed E-state index contributed by atoms with van der Waals surface area (Å²) in [7, 11) is 1.49. The van der Waals surface area contributed by atoms with E-state index < -0.39 is 5.97 Å². The van der Waals surface area contributed by atoms with Gasteiger partial charge in [0.1, 0.15) is 0 Å². The van der Waals surface area contributed by atoms with E-state index in [9.17, 15) is 9.59 Å². The van der Waals surface area contributed by atoms with Crippen molar-refractivity contribution in [3.05, 3.63) is 18.0 Å². The van der Waals surface area contributed by atoms with Crippen LogP contribution in [0, 0.1) is 0 Å². The van der Waals surface area contributed by atoms with Gasteiger partial charge in [0.05, 0.1) is 13.5 Å². The zero-order chi connectivity index (χ0) is 20.2. The van der Waals surface area contributed by atoms with E-state index in [0.717, 1.165) is 57.2 Å². The quantitative estimate of drug-likeness (QED) is 0.491. The van der Waals surface area contributed by atoms with Crippen LogP contribution < -0.4 is 15.4 Å². The molecule has 0 spiro atoms. The number of ether oxygens (including phenoxy) is 1. The van der Waals surface area contributed by atoms with Gasteiger partial charge in [0.15, 0.2) is 5.96 Å². The lowest BCUT2D eigenvalue weighted by atomic mass is 9.92. The number of carbonyl (C=O) groups is 2. The number of methoxy groups -OCH3 is 1. The van der Waals surface area contributed by atoms with Crippen molar-refractivity contribution in [3.63, 3.8) is 0 Å². The zero-order valence-electron chi connectivity index (χ0n) is 16.3. The van der Waals surface area contributed by atoms with Crippen LogP contribution in [0.25, 0.3) is 0 Å². The van der Waals surface area contributed by atoms with Gasteiger partial charge in [-0.1, -0.05) is 19.3 Å². The third kappa shape index (κ3) is 7.89. The molecule has 154 valence electrons. The molecule has 9 heteroatoms. The first-order valence-corrected chi connectivity index (χ1v) is 9.74. The smallest absolute Gasteiger partial charge is 0.316 e. The molecule has 1 aliphatic heterocycles. The van der Waals surface area contributed by atoms with Gasteiger partial charge in [0.25, 0.3) is 0 Å². The normalized spacial score (nSPS) is 14.5. The average Bonchev–Trinajstić information content (AvgIpc) is 2.70. The number of carboxylic acid groups (broad SMARTS) is 1. The first-order valence-electron chi connectivity index (χ1n) is 9.74. The molecule has 1 atom stereocenters. The number of rotatable bonds is 11. The highest BCUT2D eigenvalue weighted by Gasteiger charge is 2.16. The number of hydrogen-bond acceptors (Lipinski definition) is 7. The van der Waals surface area contributed by atoms with E-state index in [1.54, 1.807) is 12.4 Å². The molecule has 0 aliphatic carbocycles. The SMILES string of the molecule is COc1ncc([C@@H](CCCCCCC(=O)NC2=NCCCN2)CC(=O)O)cn1. The lowest BCUT2D eigenvalue weighted by Gasteiger charge is -2.15. The van der Waals surface area contributed by atoms with Crippen LogP contribution in [0.15, 0.2) is 17.4 Å². The Balaban J connectivity index is 1.66. The maximum atomic E-state index is 11.9. The van der Waals surface area contributed by atoms with E-state index in [0.29, 0.717) is 12.4 Å². The molecule has 9 nitrogen and oxygen atoms in total. The standard InChI is InChI=1S/C19H29N5O4/c1-28-19-22-12-15(13-23-19)14(11-17(26)27)7-4-2-3-5-8-16(25)24-18-20-9-6-10-21-18/h12-14H,2-11H2,1H3,(H,26,27)(H2,20,21,24,25)/t14-/m0/s1. The molecule has 1 aliphatic rings. The van der Waals surface area contributed by atoms with Crippen LogP contribution in [0.3, 0.4) is 0 Å². The van der Waals surface area contributed by atoms with Crippen molar-refractivity contribution >= 4 is 17.8 Å². The largest absolute Gasteiger partial charge is 0.481 e. The van der Waals surface area contributed by atoms with Crippen molar-refractivity contribution in [2.24, 2.45) is 4.99 Å². The number of aromatic nitrogens is 2. The summed E-state index contributed by atoms with van der Waals surface area (Å²) in [5.41, 5.74) is 0.809. The first kappa shape index (κ1) is 21.6. The molecular weight excluding hydrogens is 362 g/mol. The van der Waals surface area contributed by atoms with Crippen molar-refractivity contribution in [1.82, 2.24) is 20.6 Å². The third-order valence-corrected chi connectivity index (χ3v) is 4.58. The molecule has 3 N–H and O–H groups in total. The predicted molar refractivity (Wildman–Crippen MR) is 104 cm³/mol. The van der Waals surface area contributed by atoms with Crippen LogP contribution >= 0.6 is 0 Å². The third-order valence-electron chi connectivity index (χ3n) is 4.58. The number of unbranched alkanes of at least 4 members (excludes halogenated alkanes) is 3. The van der Waals surface area contributed by atoms with E-state index in [-0.39, 0.29) is 24.3 Å². The molecular formula is C19H29N5O4. The van der Waals surface area contributed by atoms with Gasteiger partial charge < -0.3 is 15.2 Å². The van der Waals surface area contributed by atoms with Gasteiger partial charge in [-0.2, -0.15) is 0 Å². The average molecular weight is 391 g/mol. The van der Waals surface area contributed by atoms with E-state index in [4.69, 9.17) is 9.84 Å². The topological polar surface area (TPSA) is 126 Å². The second kappa shape index (κ2) is 11.9. The Morgan fingerprint density at radius 1 is 1.25 bits per heavy atom. The van der Waals surface area contributed by atoms with Crippen molar-refractivity contribution in [3.8, 4) is 6.01 Å². The number of carbonyl (C=O) groups excluding carboxylic acids is 1. The summed E-state index contributed by atoms with van der Waals surface area (Å²) in [6.07, 6.45) is 9.07. The molecule has 1 aromatic rings. The molecule has 2 rings (SSSR count). The van der Waals surface area contributed by atoms with E-state index in [1.165, 1.54) is 7.11 Å². The van der Waals surface area contributed by atoms with Crippen LogP contribution in [-0.2, 0) is 9.59 Å². The molecule has 0 bridgehead atoms. The summed E-state index contributed by atoms with van der Waals surface area (Å²) in [6.45, 7) is 1.59. The van der Waals surface area contributed by atoms with Gasteiger partial charge >= 0.3 is 12.0 Å². The summed E-state index contributed by atoms with van der Waals surface area (Å²) in [4.78, 5) is 35.4. The maximum absolute atomic E-state index is 11.9. The fraction of sp³-hybridized carbons (Fsp3) is 0.632. The van der Waals surface area contributed by atoms with Gasteiger partial charge in [0.2, 0.25) is 5.91 Å². The van der Waals surface area contributed by atoms with Gasteiger partial charge in [-0.15, -0.1) is 0 Å². The Hall–Kier alpha value is -2.71. The van der Waals surface area contributed by atoms with Gasteiger partial charge in [-0.3, -0.25) is 19.9 Å².